The number of aromatic amines is 1. The van der Waals surface area contributed by atoms with Gasteiger partial charge in [-0.25, -0.2) is 0 Å². The van der Waals surface area contributed by atoms with E-state index in [1.165, 1.54) is 0 Å². The number of benzene rings is 2. The molecule has 0 aliphatic carbocycles. The number of rotatable bonds is 4. The van der Waals surface area contributed by atoms with E-state index in [2.05, 4.69) is 31.5 Å². The van der Waals surface area contributed by atoms with Crippen molar-refractivity contribution in [2.45, 2.75) is 0 Å². The zero-order valence-electron chi connectivity index (χ0n) is 18.4. The number of nitrogens with one attached hydrogen (secondary N) is 2. The summed E-state index contributed by atoms with van der Waals surface area (Å²) in [5, 5.41) is 10.9. The van der Waals surface area contributed by atoms with Crippen LogP contribution in [-0.4, -0.2) is 60.6 Å². The molecule has 2 N–H and O–H groups in total. The van der Waals surface area contributed by atoms with Crippen LogP contribution in [0.3, 0.4) is 0 Å². The van der Waals surface area contributed by atoms with Crippen LogP contribution in [0.2, 0.25) is 0 Å². The van der Waals surface area contributed by atoms with Crippen LogP contribution in [0.4, 0.5) is 11.4 Å². The van der Waals surface area contributed by atoms with Gasteiger partial charge in [0, 0.05) is 42.0 Å². The SMILES string of the molecule is O=C(Nc1ccc2c(c1)OCCO2)c1n[nH]c2ccc(-c3cncc(N4CCOCC4)c3)cc12. The summed E-state index contributed by atoms with van der Waals surface area (Å²) >= 11 is 0. The van der Waals surface area contributed by atoms with Crippen LogP contribution < -0.4 is 19.7 Å². The number of morpholine rings is 1. The molecule has 2 aliphatic rings. The second-order valence-corrected chi connectivity index (χ2v) is 8.18. The first-order chi connectivity index (χ1) is 16.7. The van der Waals surface area contributed by atoms with Crippen molar-refractivity contribution >= 4 is 28.2 Å². The molecule has 2 aromatic heterocycles. The summed E-state index contributed by atoms with van der Waals surface area (Å²) in [6, 6.07) is 13.4. The van der Waals surface area contributed by atoms with Crippen molar-refractivity contribution in [3.8, 4) is 22.6 Å². The van der Waals surface area contributed by atoms with Crippen LogP contribution in [-0.2, 0) is 4.74 Å². The van der Waals surface area contributed by atoms with Crippen molar-refractivity contribution in [1.82, 2.24) is 15.2 Å². The third-order valence-electron chi connectivity index (χ3n) is 6.01. The van der Waals surface area contributed by atoms with Gasteiger partial charge in [0.05, 0.1) is 30.6 Å². The van der Waals surface area contributed by atoms with Gasteiger partial charge in [-0.05, 0) is 35.9 Å². The third kappa shape index (κ3) is 3.90. The monoisotopic (exact) mass is 457 g/mol. The van der Waals surface area contributed by atoms with Gasteiger partial charge in [0.2, 0.25) is 0 Å². The molecule has 2 aliphatic heterocycles. The molecule has 4 heterocycles. The Morgan fingerprint density at radius 2 is 1.76 bits per heavy atom. The van der Waals surface area contributed by atoms with Crippen molar-refractivity contribution in [3.05, 3.63) is 60.6 Å². The Morgan fingerprint density at radius 3 is 2.65 bits per heavy atom. The number of anilines is 2. The molecule has 0 unspecified atom stereocenters. The van der Waals surface area contributed by atoms with E-state index in [1.807, 2.05) is 30.6 Å². The molecular formula is C25H23N5O4. The van der Waals surface area contributed by atoms with Crippen molar-refractivity contribution in [2.24, 2.45) is 0 Å². The van der Waals surface area contributed by atoms with Crippen molar-refractivity contribution < 1.29 is 19.0 Å². The van der Waals surface area contributed by atoms with E-state index < -0.39 is 0 Å². The molecule has 4 aromatic rings. The van der Waals surface area contributed by atoms with Gasteiger partial charge in [-0.15, -0.1) is 0 Å². The fourth-order valence-corrected chi connectivity index (χ4v) is 4.26. The van der Waals surface area contributed by atoms with Gasteiger partial charge in [0.15, 0.2) is 17.2 Å². The van der Waals surface area contributed by atoms with E-state index >= 15 is 0 Å². The molecule has 2 aromatic carbocycles. The second kappa shape index (κ2) is 8.68. The highest BCUT2D eigenvalue weighted by Crippen LogP contribution is 2.33. The zero-order chi connectivity index (χ0) is 22.9. The molecule has 172 valence electrons. The first kappa shape index (κ1) is 20.5. The predicted molar refractivity (Wildman–Crippen MR) is 128 cm³/mol. The van der Waals surface area contributed by atoms with Gasteiger partial charge in [-0.3, -0.25) is 14.9 Å². The fourth-order valence-electron chi connectivity index (χ4n) is 4.26. The quantitative estimate of drug-likeness (QED) is 0.484. The van der Waals surface area contributed by atoms with Gasteiger partial charge in [-0.1, -0.05) is 6.07 Å². The molecule has 0 spiro atoms. The van der Waals surface area contributed by atoms with Gasteiger partial charge in [-0.2, -0.15) is 5.10 Å². The summed E-state index contributed by atoms with van der Waals surface area (Å²) in [5.41, 5.74) is 4.72. The van der Waals surface area contributed by atoms with Crippen molar-refractivity contribution in [3.63, 3.8) is 0 Å². The number of fused-ring (bicyclic) bond motifs is 2. The topological polar surface area (TPSA) is 102 Å². The number of H-pyrrole nitrogens is 1. The van der Waals surface area contributed by atoms with E-state index in [4.69, 9.17) is 14.2 Å². The Balaban J connectivity index is 1.28. The summed E-state index contributed by atoms with van der Waals surface area (Å²) in [6.45, 7) is 4.12. The number of carbonyl (C=O) groups is 1. The summed E-state index contributed by atoms with van der Waals surface area (Å²) in [5.74, 6) is 0.984. The molecule has 6 rings (SSSR count). The molecule has 1 saturated heterocycles. The number of nitrogens with zero attached hydrogens (tertiary/aromatic N) is 3. The smallest absolute Gasteiger partial charge is 0.276 e. The Morgan fingerprint density at radius 1 is 0.912 bits per heavy atom. The molecule has 0 saturated carbocycles. The van der Waals surface area contributed by atoms with Crippen LogP contribution in [0.25, 0.3) is 22.0 Å². The first-order valence-electron chi connectivity index (χ1n) is 11.2. The van der Waals surface area contributed by atoms with E-state index in [-0.39, 0.29) is 5.91 Å². The summed E-state index contributed by atoms with van der Waals surface area (Å²) < 4.78 is 16.6. The average molecular weight is 457 g/mol. The van der Waals surface area contributed by atoms with Gasteiger partial charge in [0.25, 0.3) is 5.91 Å². The minimum absolute atomic E-state index is 0.305. The molecule has 1 fully saturated rings. The molecule has 9 nitrogen and oxygen atoms in total. The third-order valence-corrected chi connectivity index (χ3v) is 6.01. The number of pyridine rings is 1. The highest BCUT2D eigenvalue weighted by atomic mass is 16.6. The number of amides is 1. The molecule has 1 amide bonds. The maximum absolute atomic E-state index is 13.1. The lowest BCUT2D eigenvalue weighted by atomic mass is 10.0. The number of aromatic nitrogens is 3. The number of ether oxygens (including phenoxy) is 3. The minimum atomic E-state index is -0.305. The van der Waals surface area contributed by atoms with Gasteiger partial charge < -0.3 is 24.4 Å². The number of carbonyl (C=O) groups excluding carboxylic acids is 1. The number of hydrogen-bond acceptors (Lipinski definition) is 7. The lowest BCUT2D eigenvalue weighted by Gasteiger charge is -2.28. The highest BCUT2D eigenvalue weighted by molar-refractivity contribution is 6.11. The van der Waals surface area contributed by atoms with Gasteiger partial charge >= 0.3 is 0 Å². The van der Waals surface area contributed by atoms with E-state index in [0.717, 1.165) is 40.8 Å². The van der Waals surface area contributed by atoms with E-state index in [1.54, 1.807) is 18.2 Å². The summed E-state index contributed by atoms with van der Waals surface area (Å²) in [4.78, 5) is 19.8. The Hall–Kier alpha value is -4.11. The lowest BCUT2D eigenvalue weighted by Crippen LogP contribution is -2.36. The predicted octanol–water partition coefficient (Wildman–Crippen LogP) is 3.49. The summed E-state index contributed by atoms with van der Waals surface area (Å²) in [7, 11) is 0. The molecule has 0 bridgehead atoms. The Labute approximate surface area is 195 Å². The molecule has 34 heavy (non-hydrogen) atoms. The molecule has 0 atom stereocenters. The first-order valence-corrected chi connectivity index (χ1v) is 11.2. The largest absolute Gasteiger partial charge is 0.486 e. The van der Waals surface area contributed by atoms with Crippen LogP contribution in [0.5, 0.6) is 11.5 Å². The molecule has 9 heteroatoms. The van der Waals surface area contributed by atoms with Gasteiger partial charge in [0.1, 0.15) is 13.2 Å². The van der Waals surface area contributed by atoms with Crippen molar-refractivity contribution in [1.29, 1.82) is 0 Å². The normalized spacial score (nSPS) is 15.4. The van der Waals surface area contributed by atoms with Crippen LogP contribution in [0.1, 0.15) is 10.5 Å². The van der Waals surface area contributed by atoms with Crippen LogP contribution in [0, 0.1) is 0 Å². The molecule has 0 radical (unpaired) electrons. The minimum Gasteiger partial charge on any atom is -0.486 e. The van der Waals surface area contributed by atoms with Crippen molar-refractivity contribution in [2.75, 3.05) is 49.7 Å². The number of hydrogen-bond donors (Lipinski definition) is 2. The highest BCUT2D eigenvalue weighted by Gasteiger charge is 2.18. The van der Waals surface area contributed by atoms with Crippen LogP contribution >= 0.6 is 0 Å². The summed E-state index contributed by atoms with van der Waals surface area (Å²) in [6.07, 6.45) is 3.71. The average Bonchev–Trinajstić information content (AvgIpc) is 3.33. The molecular weight excluding hydrogens is 434 g/mol. The maximum Gasteiger partial charge on any atom is 0.276 e. The van der Waals surface area contributed by atoms with E-state index in [0.29, 0.717) is 49.3 Å². The Kier molecular flexibility index (Phi) is 5.23. The van der Waals surface area contributed by atoms with Crippen LogP contribution in [0.15, 0.2) is 54.9 Å². The maximum atomic E-state index is 13.1. The Bertz CT molecular complexity index is 1360. The zero-order valence-corrected chi connectivity index (χ0v) is 18.4. The second-order valence-electron chi connectivity index (χ2n) is 8.18. The lowest BCUT2D eigenvalue weighted by molar-refractivity contribution is 0.102. The fraction of sp³-hybridized carbons (Fsp3) is 0.240. The van der Waals surface area contributed by atoms with E-state index in [9.17, 15) is 4.79 Å². The standard InChI is InChI=1S/C25H23N5O4/c31-25(27-18-2-4-22-23(13-18)34-10-9-33-22)24-20-12-16(1-3-21(20)28-29-24)17-11-19(15-26-14-17)30-5-7-32-8-6-30/h1-4,11-15H,5-10H2,(H,27,31)(H,28,29).